The van der Waals surface area contributed by atoms with E-state index < -0.39 is 0 Å². The number of methoxy groups -OCH3 is 4. The highest BCUT2D eigenvalue weighted by Gasteiger charge is 2.32. The molecule has 9 heteroatoms. The number of rotatable bonds is 7. The van der Waals surface area contributed by atoms with Crippen molar-refractivity contribution in [2.45, 2.75) is 0 Å². The molecule has 0 spiro atoms. The Hall–Kier alpha value is -3.04. The molecule has 156 valence electrons. The summed E-state index contributed by atoms with van der Waals surface area (Å²) in [6, 6.07) is 10.7. The minimum absolute atomic E-state index is 0.325. The van der Waals surface area contributed by atoms with Crippen LogP contribution in [0.25, 0.3) is 6.08 Å². The van der Waals surface area contributed by atoms with Gasteiger partial charge in [-0.1, -0.05) is 11.8 Å². The number of thiocarbonyl (C=S) groups is 1. The number of benzene rings is 2. The second-order valence-electron chi connectivity index (χ2n) is 5.95. The van der Waals surface area contributed by atoms with E-state index in [1.54, 1.807) is 70.9 Å². The zero-order chi connectivity index (χ0) is 21.7. The van der Waals surface area contributed by atoms with Crippen LogP contribution in [0.5, 0.6) is 23.0 Å². The molecule has 1 fully saturated rings. The van der Waals surface area contributed by atoms with Crippen LogP contribution in [-0.4, -0.2) is 49.9 Å². The lowest BCUT2D eigenvalue weighted by molar-refractivity contribution is -0.122. The smallest absolute Gasteiger partial charge is 0.286 e. The van der Waals surface area contributed by atoms with Crippen LogP contribution in [0.3, 0.4) is 0 Å². The average molecular weight is 445 g/mol. The van der Waals surface area contributed by atoms with Gasteiger partial charge in [-0.05, 0) is 54.7 Å². The number of thioether (sulfide) groups is 1. The highest BCUT2D eigenvalue weighted by atomic mass is 32.2. The lowest BCUT2D eigenvalue weighted by Gasteiger charge is -2.09. The standard InChI is InChI=1S/C21H20N2O5S2/c1-25-15-5-7-17(27-3)13(9-15)11-19-20(24)23(21(29)30-19)22-12-14-10-16(26-2)6-8-18(14)28-4/h5-12H,1-4H3/b19-11-,22-12+. The average Bonchev–Trinajstić information content (AvgIpc) is 3.04. The van der Waals surface area contributed by atoms with Crippen molar-refractivity contribution in [3.63, 3.8) is 0 Å². The Bertz CT molecular complexity index is 1040. The third kappa shape index (κ3) is 4.58. The molecule has 2 aromatic rings. The molecule has 0 radical (unpaired) electrons. The minimum Gasteiger partial charge on any atom is -0.497 e. The van der Waals surface area contributed by atoms with Gasteiger partial charge >= 0.3 is 0 Å². The molecule has 2 aromatic carbocycles. The van der Waals surface area contributed by atoms with Crippen LogP contribution in [0.1, 0.15) is 11.1 Å². The Labute approximate surface area is 184 Å². The van der Waals surface area contributed by atoms with Crippen LogP contribution < -0.4 is 18.9 Å². The summed E-state index contributed by atoms with van der Waals surface area (Å²) in [7, 11) is 6.27. The lowest BCUT2D eigenvalue weighted by atomic mass is 10.1. The summed E-state index contributed by atoms with van der Waals surface area (Å²) in [5.74, 6) is 2.19. The van der Waals surface area contributed by atoms with E-state index in [4.69, 9.17) is 31.2 Å². The normalized spacial score (nSPS) is 15.2. The van der Waals surface area contributed by atoms with E-state index in [1.807, 2.05) is 0 Å². The second-order valence-corrected chi connectivity index (χ2v) is 7.63. The summed E-state index contributed by atoms with van der Waals surface area (Å²) in [5, 5.41) is 5.45. The van der Waals surface area contributed by atoms with Crippen molar-refractivity contribution in [3.05, 3.63) is 52.4 Å². The number of nitrogens with zero attached hydrogens (tertiary/aromatic N) is 2. The molecule has 0 atom stereocenters. The highest BCUT2D eigenvalue weighted by Crippen LogP contribution is 2.35. The Morgan fingerprint density at radius 3 is 2.03 bits per heavy atom. The predicted molar refractivity (Wildman–Crippen MR) is 122 cm³/mol. The predicted octanol–water partition coefficient (Wildman–Crippen LogP) is 3.96. The van der Waals surface area contributed by atoms with E-state index in [9.17, 15) is 4.79 Å². The summed E-state index contributed by atoms with van der Waals surface area (Å²) in [6.45, 7) is 0. The molecular weight excluding hydrogens is 424 g/mol. The van der Waals surface area contributed by atoms with Crippen molar-refractivity contribution in [3.8, 4) is 23.0 Å². The second kappa shape index (κ2) is 9.64. The van der Waals surface area contributed by atoms with Crippen LogP contribution in [-0.2, 0) is 4.79 Å². The first-order valence-corrected chi connectivity index (χ1v) is 9.99. The third-order valence-electron chi connectivity index (χ3n) is 4.25. The van der Waals surface area contributed by atoms with Gasteiger partial charge in [0.05, 0.1) is 39.6 Å². The molecule has 1 heterocycles. The molecule has 7 nitrogen and oxygen atoms in total. The molecule has 0 N–H and O–H groups in total. The largest absolute Gasteiger partial charge is 0.497 e. The minimum atomic E-state index is -0.326. The lowest BCUT2D eigenvalue weighted by Crippen LogP contribution is -2.22. The molecule has 1 aliphatic heterocycles. The van der Waals surface area contributed by atoms with E-state index in [2.05, 4.69) is 5.10 Å². The summed E-state index contributed by atoms with van der Waals surface area (Å²) in [6.07, 6.45) is 3.23. The van der Waals surface area contributed by atoms with Crippen molar-refractivity contribution in [2.75, 3.05) is 28.4 Å². The molecule has 0 bridgehead atoms. The maximum atomic E-state index is 12.9. The Balaban J connectivity index is 1.89. The SMILES string of the molecule is COc1ccc(OC)c(/C=C2\SC(=S)N(/N=C/c3cc(OC)ccc3OC)C2=O)c1. The zero-order valence-electron chi connectivity index (χ0n) is 16.9. The van der Waals surface area contributed by atoms with Crippen LogP contribution in [0.2, 0.25) is 0 Å². The van der Waals surface area contributed by atoms with E-state index in [-0.39, 0.29) is 5.91 Å². The molecule has 3 rings (SSSR count). The molecular formula is C21H20N2O5S2. The van der Waals surface area contributed by atoms with E-state index in [0.717, 1.165) is 11.8 Å². The summed E-state index contributed by atoms with van der Waals surface area (Å²) < 4.78 is 21.5. The first kappa shape index (κ1) is 21.7. The van der Waals surface area contributed by atoms with Gasteiger partial charge in [-0.2, -0.15) is 10.1 Å². The molecule has 0 saturated carbocycles. The molecule has 0 aliphatic carbocycles. The number of hydrogen-bond donors (Lipinski definition) is 0. The van der Waals surface area contributed by atoms with Gasteiger partial charge < -0.3 is 18.9 Å². The first-order chi connectivity index (χ1) is 14.5. The highest BCUT2D eigenvalue weighted by molar-refractivity contribution is 8.26. The number of hydrogen-bond acceptors (Lipinski definition) is 8. The molecule has 0 unspecified atom stereocenters. The van der Waals surface area contributed by atoms with Gasteiger partial charge in [-0.15, -0.1) is 0 Å². The quantitative estimate of drug-likeness (QED) is 0.364. The Morgan fingerprint density at radius 1 is 0.900 bits per heavy atom. The van der Waals surface area contributed by atoms with Crippen LogP contribution in [0.4, 0.5) is 0 Å². The zero-order valence-corrected chi connectivity index (χ0v) is 18.5. The van der Waals surface area contributed by atoms with Gasteiger partial charge in [0.25, 0.3) is 5.91 Å². The maximum absolute atomic E-state index is 12.9. The monoisotopic (exact) mass is 444 g/mol. The number of carbonyl (C=O) groups is 1. The fourth-order valence-electron chi connectivity index (χ4n) is 2.71. The third-order valence-corrected chi connectivity index (χ3v) is 5.53. The van der Waals surface area contributed by atoms with E-state index >= 15 is 0 Å². The van der Waals surface area contributed by atoms with Gasteiger partial charge in [0.1, 0.15) is 23.0 Å². The molecule has 1 aliphatic rings. The van der Waals surface area contributed by atoms with Gasteiger partial charge in [0, 0.05) is 11.1 Å². The fourth-order valence-corrected chi connectivity index (χ4v) is 3.88. The molecule has 30 heavy (non-hydrogen) atoms. The summed E-state index contributed by atoms with van der Waals surface area (Å²) >= 11 is 6.51. The van der Waals surface area contributed by atoms with Crippen molar-refractivity contribution >= 4 is 46.5 Å². The summed E-state index contributed by atoms with van der Waals surface area (Å²) in [5.41, 5.74) is 1.36. The number of ether oxygens (including phenoxy) is 4. The Kier molecular flexibility index (Phi) is 6.96. The van der Waals surface area contributed by atoms with E-state index in [0.29, 0.717) is 43.4 Å². The van der Waals surface area contributed by atoms with Crippen molar-refractivity contribution in [2.24, 2.45) is 5.10 Å². The fraction of sp³-hybridized carbons (Fsp3) is 0.190. The van der Waals surface area contributed by atoms with Crippen LogP contribution >= 0.6 is 24.0 Å². The van der Waals surface area contributed by atoms with Crippen molar-refractivity contribution < 1.29 is 23.7 Å². The topological polar surface area (TPSA) is 69.6 Å². The first-order valence-electron chi connectivity index (χ1n) is 8.76. The Morgan fingerprint density at radius 2 is 1.47 bits per heavy atom. The maximum Gasteiger partial charge on any atom is 0.286 e. The van der Waals surface area contributed by atoms with Gasteiger partial charge in [0.2, 0.25) is 0 Å². The van der Waals surface area contributed by atoms with Crippen molar-refractivity contribution in [1.29, 1.82) is 0 Å². The number of hydrazone groups is 1. The molecule has 0 aromatic heterocycles. The van der Waals surface area contributed by atoms with Crippen molar-refractivity contribution in [1.82, 2.24) is 5.01 Å². The van der Waals surface area contributed by atoms with Crippen LogP contribution in [0, 0.1) is 0 Å². The van der Waals surface area contributed by atoms with E-state index in [1.165, 1.54) is 11.2 Å². The number of amides is 1. The summed E-state index contributed by atoms with van der Waals surface area (Å²) in [4.78, 5) is 13.3. The molecule has 1 saturated heterocycles. The van der Waals surface area contributed by atoms with Gasteiger partial charge in [0.15, 0.2) is 4.32 Å². The number of carbonyl (C=O) groups excluding carboxylic acids is 1. The van der Waals surface area contributed by atoms with Gasteiger partial charge in [-0.3, -0.25) is 4.79 Å². The van der Waals surface area contributed by atoms with Crippen LogP contribution in [0.15, 0.2) is 46.4 Å². The molecule has 1 amide bonds. The van der Waals surface area contributed by atoms with Gasteiger partial charge in [-0.25, -0.2) is 0 Å².